The summed E-state index contributed by atoms with van der Waals surface area (Å²) in [5, 5.41) is 3.72. The Morgan fingerprint density at radius 2 is 1.76 bits per heavy atom. The largest absolute Gasteiger partial charge is 0.314 e. The summed E-state index contributed by atoms with van der Waals surface area (Å²) in [6, 6.07) is 0.773. The monoisotopic (exact) mass is 241 g/mol. The summed E-state index contributed by atoms with van der Waals surface area (Å²) in [5.41, 5.74) is 0. The van der Waals surface area contributed by atoms with Crippen molar-refractivity contribution in [3.63, 3.8) is 0 Å². The summed E-state index contributed by atoms with van der Waals surface area (Å²) >= 11 is 0. The first kappa shape index (κ1) is 14.9. The molecule has 1 aliphatic heterocycles. The van der Waals surface area contributed by atoms with Gasteiger partial charge in [0.05, 0.1) is 0 Å². The maximum absolute atomic E-state index is 3.72. The molecular formula is C14H31N3. The van der Waals surface area contributed by atoms with Gasteiger partial charge in [0.1, 0.15) is 0 Å². The number of piperidine rings is 1. The van der Waals surface area contributed by atoms with Crippen LogP contribution < -0.4 is 5.32 Å². The minimum Gasteiger partial charge on any atom is -0.314 e. The zero-order valence-electron chi connectivity index (χ0n) is 12.0. The van der Waals surface area contributed by atoms with E-state index in [0.29, 0.717) is 0 Å². The fourth-order valence-electron chi connectivity index (χ4n) is 2.60. The van der Waals surface area contributed by atoms with E-state index in [1.54, 1.807) is 0 Å². The fourth-order valence-corrected chi connectivity index (χ4v) is 2.60. The van der Waals surface area contributed by atoms with Crippen LogP contribution in [0.4, 0.5) is 0 Å². The highest BCUT2D eigenvalue weighted by molar-refractivity contribution is 4.76. The molecule has 102 valence electrons. The number of likely N-dealkylation sites (tertiary alicyclic amines) is 1. The van der Waals surface area contributed by atoms with Crippen LogP contribution in [0.15, 0.2) is 0 Å². The lowest BCUT2D eigenvalue weighted by molar-refractivity contribution is 0.204. The van der Waals surface area contributed by atoms with Crippen molar-refractivity contribution >= 4 is 0 Å². The molecule has 1 rings (SSSR count). The van der Waals surface area contributed by atoms with E-state index in [1.807, 2.05) is 0 Å². The molecule has 3 heteroatoms. The number of hydrogen-bond donors (Lipinski definition) is 1. The van der Waals surface area contributed by atoms with E-state index in [-0.39, 0.29) is 0 Å². The van der Waals surface area contributed by atoms with Gasteiger partial charge in [-0.2, -0.15) is 0 Å². The highest BCUT2D eigenvalue weighted by atomic mass is 15.1. The van der Waals surface area contributed by atoms with Crippen molar-refractivity contribution in [2.45, 2.75) is 46.1 Å². The smallest absolute Gasteiger partial charge is 0.00914 e. The Morgan fingerprint density at radius 1 is 1.12 bits per heavy atom. The van der Waals surface area contributed by atoms with E-state index >= 15 is 0 Å². The van der Waals surface area contributed by atoms with Crippen molar-refractivity contribution in [1.29, 1.82) is 0 Å². The molecule has 1 saturated heterocycles. The normalized spacial score (nSPS) is 19.1. The summed E-state index contributed by atoms with van der Waals surface area (Å²) in [5.74, 6) is 0. The van der Waals surface area contributed by atoms with Crippen LogP contribution in [0, 0.1) is 0 Å². The second-order valence-electron chi connectivity index (χ2n) is 5.04. The predicted octanol–water partition coefficient (Wildman–Crippen LogP) is 1.79. The summed E-state index contributed by atoms with van der Waals surface area (Å²) in [6.45, 7) is 15.3. The lowest BCUT2D eigenvalue weighted by Crippen LogP contribution is -2.43. The van der Waals surface area contributed by atoms with Crippen molar-refractivity contribution in [3.8, 4) is 0 Å². The first-order chi connectivity index (χ1) is 8.30. The van der Waals surface area contributed by atoms with Crippen molar-refractivity contribution in [3.05, 3.63) is 0 Å². The molecule has 0 aromatic carbocycles. The second kappa shape index (κ2) is 8.90. The van der Waals surface area contributed by atoms with E-state index in [9.17, 15) is 0 Å². The quantitative estimate of drug-likeness (QED) is 0.654. The topological polar surface area (TPSA) is 18.5 Å². The average molecular weight is 241 g/mol. The van der Waals surface area contributed by atoms with Crippen LogP contribution in [0.5, 0.6) is 0 Å². The zero-order chi connectivity index (χ0) is 12.5. The lowest BCUT2D eigenvalue weighted by atomic mass is 10.1. The molecule has 0 radical (unpaired) electrons. The number of hydrogen-bond acceptors (Lipinski definition) is 3. The Balaban J connectivity index is 2.00. The van der Waals surface area contributed by atoms with Crippen molar-refractivity contribution < 1.29 is 0 Å². The van der Waals surface area contributed by atoms with Gasteiger partial charge < -0.3 is 15.1 Å². The zero-order valence-corrected chi connectivity index (χ0v) is 12.0. The van der Waals surface area contributed by atoms with Crippen LogP contribution in [0.25, 0.3) is 0 Å². The van der Waals surface area contributed by atoms with Crippen LogP contribution in [0.3, 0.4) is 0 Å². The number of nitrogens with zero attached hydrogens (tertiary/aromatic N) is 2. The van der Waals surface area contributed by atoms with Gasteiger partial charge in [0.15, 0.2) is 0 Å². The molecule has 1 fully saturated rings. The third-order valence-corrected chi connectivity index (χ3v) is 4.01. The molecule has 0 aromatic heterocycles. The Labute approximate surface area is 108 Å². The molecule has 0 aromatic rings. The van der Waals surface area contributed by atoms with Crippen LogP contribution in [-0.4, -0.2) is 61.7 Å². The molecule has 0 unspecified atom stereocenters. The summed E-state index contributed by atoms with van der Waals surface area (Å²) < 4.78 is 0. The van der Waals surface area contributed by atoms with Gasteiger partial charge in [-0.05, 0) is 65.1 Å². The van der Waals surface area contributed by atoms with Crippen LogP contribution in [-0.2, 0) is 0 Å². The highest BCUT2D eigenvalue weighted by Gasteiger charge is 2.16. The number of nitrogens with one attached hydrogen (secondary N) is 1. The van der Waals surface area contributed by atoms with Gasteiger partial charge in [-0.1, -0.05) is 20.8 Å². The van der Waals surface area contributed by atoms with Crippen LogP contribution in [0.1, 0.15) is 40.0 Å². The second-order valence-corrected chi connectivity index (χ2v) is 5.04. The first-order valence-electron chi connectivity index (χ1n) is 7.48. The van der Waals surface area contributed by atoms with Gasteiger partial charge in [0.2, 0.25) is 0 Å². The predicted molar refractivity (Wildman–Crippen MR) is 75.5 cm³/mol. The molecule has 1 aliphatic rings. The molecule has 3 nitrogen and oxygen atoms in total. The van der Waals surface area contributed by atoms with Gasteiger partial charge in [0, 0.05) is 6.04 Å². The maximum Gasteiger partial charge on any atom is 0.00914 e. The van der Waals surface area contributed by atoms with Gasteiger partial charge in [0.25, 0.3) is 0 Å². The number of rotatable bonds is 8. The van der Waals surface area contributed by atoms with Gasteiger partial charge >= 0.3 is 0 Å². The van der Waals surface area contributed by atoms with E-state index < -0.39 is 0 Å². The van der Waals surface area contributed by atoms with Crippen molar-refractivity contribution in [1.82, 2.24) is 15.1 Å². The minimum absolute atomic E-state index is 0.773. The highest BCUT2D eigenvalue weighted by Crippen LogP contribution is 2.09. The van der Waals surface area contributed by atoms with Gasteiger partial charge in [-0.25, -0.2) is 0 Å². The Morgan fingerprint density at radius 3 is 2.29 bits per heavy atom. The molecule has 0 atom stereocenters. The van der Waals surface area contributed by atoms with E-state index in [2.05, 4.69) is 35.9 Å². The summed E-state index contributed by atoms with van der Waals surface area (Å²) in [6.07, 6.45) is 3.95. The first-order valence-corrected chi connectivity index (χ1v) is 7.48. The SMILES string of the molecule is CCN(CC)CCCNC1CCN(CC)CC1. The summed E-state index contributed by atoms with van der Waals surface area (Å²) in [4.78, 5) is 5.05. The molecule has 0 bridgehead atoms. The molecule has 17 heavy (non-hydrogen) atoms. The maximum atomic E-state index is 3.72. The molecule has 0 aliphatic carbocycles. The van der Waals surface area contributed by atoms with Crippen molar-refractivity contribution in [2.75, 3.05) is 45.8 Å². The Hall–Kier alpha value is -0.120. The van der Waals surface area contributed by atoms with E-state index in [1.165, 1.54) is 65.1 Å². The molecule has 1 heterocycles. The van der Waals surface area contributed by atoms with Crippen LogP contribution in [0.2, 0.25) is 0 Å². The molecule has 1 N–H and O–H groups in total. The van der Waals surface area contributed by atoms with Crippen LogP contribution >= 0.6 is 0 Å². The minimum atomic E-state index is 0.773. The Kier molecular flexibility index (Phi) is 7.82. The average Bonchev–Trinajstić information content (AvgIpc) is 2.40. The lowest BCUT2D eigenvalue weighted by Gasteiger charge is -2.31. The molecule has 0 saturated carbocycles. The van der Waals surface area contributed by atoms with Gasteiger partial charge in [-0.15, -0.1) is 0 Å². The standard InChI is InChI=1S/C14H31N3/c1-4-16(5-2)11-7-10-15-14-8-12-17(6-3)13-9-14/h14-15H,4-13H2,1-3H3. The molecule has 0 spiro atoms. The summed E-state index contributed by atoms with van der Waals surface area (Å²) in [7, 11) is 0. The van der Waals surface area contributed by atoms with E-state index in [0.717, 1.165) is 6.04 Å². The third kappa shape index (κ3) is 5.84. The third-order valence-electron chi connectivity index (χ3n) is 4.01. The molecular weight excluding hydrogens is 210 g/mol. The molecule has 0 amide bonds. The fraction of sp³-hybridized carbons (Fsp3) is 1.00. The Bertz CT molecular complexity index is 172. The van der Waals surface area contributed by atoms with Gasteiger partial charge in [-0.3, -0.25) is 0 Å². The van der Waals surface area contributed by atoms with E-state index in [4.69, 9.17) is 0 Å². The van der Waals surface area contributed by atoms with Crippen molar-refractivity contribution in [2.24, 2.45) is 0 Å².